The highest BCUT2D eigenvalue weighted by Gasteiger charge is 2.12. The summed E-state index contributed by atoms with van der Waals surface area (Å²) in [7, 11) is 3.85. The largest absolute Gasteiger partial charge is 0.376 e. The Morgan fingerprint density at radius 3 is 2.62 bits per heavy atom. The van der Waals surface area contributed by atoms with Gasteiger partial charge in [-0.05, 0) is 37.3 Å². The molecule has 0 aliphatic heterocycles. The third-order valence-electron chi connectivity index (χ3n) is 2.87. The van der Waals surface area contributed by atoms with Gasteiger partial charge in [-0.3, -0.25) is 4.79 Å². The summed E-state index contributed by atoms with van der Waals surface area (Å²) < 4.78 is 0.896. The summed E-state index contributed by atoms with van der Waals surface area (Å²) in [6, 6.07) is 8.98. The Hall–Kier alpha value is -1.59. The quantitative estimate of drug-likeness (QED) is 0.829. The number of nitrogens with one attached hydrogen (secondary N) is 1. The first kappa shape index (κ1) is 15.8. The Kier molecular flexibility index (Phi) is 4.85. The first-order valence-electron chi connectivity index (χ1n) is 6.29. The lowest BCUT2D eigenvalue weighted by atomic mass is 10.2. The zero-order chi connectivity index (χ0) is 15.6. The fourth-order valence-corrected chi connectivity index (χ4v) is 2.56. The lowest BCUT2D eigenvalue weighted by Crippen LogP contribution is -2.17. The van der Waals surface area contributed by atoms with Gasteiger partial charge in [-0.2, -0.15) is 0 Å². The molecule has 1 N–H and O–H groups in total. The fourth-order valence-electron chi connectivity index (χ4n) is 1.95. The number of aromatic nitrogens is 1. The average molecular weight is 369 g/mol. The first-order valence-corrected chi connectivity index (χ1v) is 7.46. The minimum Gasteiger partial charge on any atom is -0.376 e. The van der Waals surface area contributed by atoms with E-state index in [1.54, 1.807) is 19.1 Å². The zero-order valence-corrected chi connectivity index (χ0v) is 14.3. The second-order valence-corrected chi connectivity index (χ2v) is 6.13. The number of carbonyl (C=O) groups is 1. The second-order valence-electron chi connectivity index (χ2n) is 4.83. The molecule has 0 aliphatic rings. The number of benzene rings is 1. The third-order valence-corrected chi connectivity index (χ3v) is 3.56. The molecule has 21 heavy (non-hydrogen) atoms. The molecule has 6 heteroatoms. The van der Waals surface area contributed by atoms with Crippen molar-refractivity contribution in [3.05, 3.63) is 51.2 Å². The molecule has 2 rings (SSSR count). The number of aryl methyl sites for hydroxylation is 1. The molecule has 1 aromatic carbocycles. The van der Waals surface area contributed by atoms with E-state index in [0.717, 1.165) is 15.8 Å². The Labute approximate surface area is 137 Å². The van der Waals surface area contributed by atoms with E-state index in [1.165, 1.54) is 0 Å². The SMILES string of the molecule is Cc1cc(C(=O)Nc2cc(Br)ccc2N(C)C)cc(Cl)n1. The van der Waals surface area contributed by atoms with E-state index in [0.29, 0.717) is 16.4 Å². The molecule has 0 unspecified atom stereocenters. The summed E-state index contributed by atoms with van der Waals surface area (Å²) in [5, 5.41) is 3.21. The topological polar surface area (TPSA) is 45.2 Å². The van der Waals surface area contributed by atoms with E-state index in [9.17, 15) is 4.79 Å². The van der Waals surface area contributed by atoms with Crippen LogP contribution in [0.5, 0.6) is 0 Å². The monoisotopic (exact) mass is 367 g/mol. The fraction of sp³-hybridized carbons (Fsp3) is 0.200. The molecule has 1 amide bonds. The van der Waals surface area contributed by atoms with Gasteiger partial charge in [0, 0.05) is 29.8 Å². The minimum absolute atomic E-state index is 0.219. The first-order chi connectivity index (χ1) is 9.86. The van der Waals surface area contributed by atoms with E-state index in [4.69, 9.17) is 11.6 Å². The van der Waals surface area contributed by atoms with Crippen molar-refractivity contribution in [2.24, 2.45) is 0 Å². The van der Waals surface area contributed by atoms with Crippen molar-refractivity contribution in [3.63, 3.8) is 0 Å². The Bertz CT molecular complexity index is 668. The summed E-state index contributed by atoms with van der Waals surface area (Å²) in [6.07, 6.45) is 0. The number of hydrogen-bond donors (Lipinski definition) is 1. The lowest BCUT2D eigenvalue weighted by molar-refractivity contribution is 0.102. The van der Waals surface area contributed by atoms with Gasteiger partial charge in [0.1, 0.15) is 5.15 Å². The molecule has 0 aliphatic carbocycles. The highest BCUT2D eigenvalue weighted by Crippen LogP contribution is 2.28. The second kappa shape index (κ2) is 6.45. The van der Waals surface area contributed by atoms with Crippen molar-refractivity contribution < 1.29 is 4.79 Å². The van der Waals surface area contributed by atoms with E-state index in [1.807, 2.05) is 37.2 Å². The molecule has 1 aromatic heterocycles. The Morgan fingerprint density at radius 1 is 1.29 bits per heavy atom. The van der Waals surface area contributed by atoms with Crippen LogP contribution in [-0.4, -0.2) is 25.0 Å². The maximum atomic E-state index is 12.4. The third kappa shape index (κ3) is 3.95. The predicted molar refractivity (Wildman–Crippen MR) is 90.4 cm³/mol. The van der Waals surface area contributed by atoms with Gasteiger partial charge in [-0.15, -0.1) is 0 Å². The summed E-state index contributed by atoms with van der Waals surface area (Å²) in [5.41, 5.74) is 2.83. The molecule has 1 heterocycles. The average Bonchev–Trinajstić information content (AvgIpc) is 2.37. The molecule has 0 spiro atoms. The molecular formula is C15H15BrClN3O. The van der Waals surface area contributed by atoms with Gasteiger partial charge in [-0.1, -0.05) is 27.5 Å². The van der Waals surface area contributed by atoms with Crippen LogP contribution < -0.4 is 10.2 Å². The number of halogens is 2. The van der Waals surface area contributed by atoms with Crippen molar-refractivity contribution in [3.8, 4) is 0 Å². The van der Waals surface area contributed by atoms with Gasteiger partial charge in [0.2, 0.25) is 0 Å². The van der Waals surface area contributed by atoms with Crippen LogP contribution in [0.1, 0.15) is 16.1 Å². The molecule has 0 fully saturated rings. The zero-order valence-electron chi connectivity index (χ0n) is 11.9. The lowest BCUT2D eigenvalue weighted by Gasteiger charge is -2.18. The van der Waals surface area contributed by atoms with Gasteiger partial charge < -0.3 is 10.2 Å². The number of pyridine rings is 1. The summed E-state index contributed by atoms with van der Waals surface area (Å²) >= 11 is 9.31. The maximum Gasteiger partial charge on any atom is 0.255 e. The van der Waals surface area contributed by atoms with E-state index in [2.05, 4.69) is 26.2 Å². The highest BCUT2D eigenvalue weighted by molar-refractivity contribution is 9.10. The molecule has 2 aromatic rings. The van der Waals surface area contributed by atoms with Crippen LogP contribution >= 0.6 is 27.5 Å². The minimum atomic E-state index is -0.219. The van der Waals surface area contributed by atoms with E-state index < -0.39 is 0 Å². The van der Waals surface area contributed by atoms with Crippen molar-refractivity contribution >= 4 is 44.8 Å². The smallest absolute Gasteiger partial charge is 0.255 e. The molecule has 0 saturated heterocycles. The van der Waals surface area contributed by atoms with Crippen LogP contribution in [0.15, 0.2) is 34.8 Å². The molecule has 0 radical (unpaired) electrons. The van der Waals surface area contributed by atoms with Crippen LogP contribution in [0, 0.1) is 6.92 Å². The molecule has 110 valence electrons. The Morgan fingerprint density at radius 2 is 2.00 bits per heavy atom. The summed E-state index contributed by atoms with van der Waals surface area (Å²) in [4.78, 5) is 18.4. The number of amides is 1. The summed E-state index contributed by atoms with van der Waals surface area (Å²) in [5.74, 6) is -0.219. The number of rotatable bonds is 3. The van der Waals surface area contributed by atoms with Crippen molar-refractivity contribution in [2.45, 2.75) is 6.92 Å². The maximum absolute atomic E-state index is 12.4. The molecular weight excluding hydrogens is 354 g/mol. The number of hydrogen-bond acceptors (Lipinski definition) is 3. The Balaban J connectivity index is 2.33. The van der Waals surface area contributed by atoms with Crippen LogP contribution in [0.3, 0.4) is 0 Å². The standard InChI is InChI=1S/C15H15BrClN3O/c1-9-6-10(7-14(17)18-9)15(21)19-12-8-11(16)4-5-13(12)20(2)3/h4-8H,1-3H3,(H,19,21). The van der Waals surface area contributed by atoms with E-state index in [-0.39, 0.29) is 5.91 Å². The number of nitrogens with zero attached hydrogens (tertiary/aromatic N) is 2. The normalized spacial score (nSPS) is 10.3. The van der Waals surface area contributed by atoms with Gasteiger partial charge in [-0.25, -0.2) is 4.98 Å². The van der Waals surface area contributed by atoms with Gasteiger partial charge >= 0.3 is 0 Å². The van der Waals surface area contributed by atoms with Gasteiger partial charge in [0.05, 0.1) is 11.4 Å². The number of anilines is 2. The van der Waals surface area contributed by atoms with Crippen LogP contribution in [-0.2, 0) is 0 Å². The van der Waals surface area contributed by atoms with Crippen molar-refractivity contribution in [2.75, 3.05) is 24.3 Å². The highest BCUT2D eigenvalue weighted by atomic mass is 79.9. The van der Waals surface area contributed by atoms with Crippen LogP contribution in [0.4, 0.5) is 11.4 Å². The van der Waals surface area contributed by atoms with Crippen molar-refractivity contribution in [1.82, 2.24) is 4.98 Å². The molecule has 4 nitrogen and oxygen atoms in total. The van der Waals surface area contributed by atoms with Gasteiger partial charge in [0.15, 0.2) is 0 Å². The van der Waals surface area contributed by atoms with E-state index >= 15 is 0 Å². The van der Waals surface area contributed by atoms with Crippen molar-refractivity contribution in [1.29, 1.82) is 0 Å². The number of carbonyl (C=O) groups excluding carboxylic acids is 1. The van der Waals surface area contributed by atoms with Gasteiger partial charge in [0.25, 0.3) is 5.91 Å². The summed E-state index contributed by atoms with van der Waals surface area (Å²) in [6.45, 7) is 1.80. The molecule has 0 atom stereocenters. The van der Waals surface area contributed by atoms with Crippen LogP contribution in [0.25, 0.3) is 0 Å². The van der Waals surface area contributed by atoms with Crippen LogP contribution in [0.2, 0.25) is 5.15 Å². The molecule has 0 saturated carbocycles. The predicted octanol–water partition coefficient (Wildman–Crippen LogP) is 4.12. The molecule has 0 bridgehead atoms.